The molecule has 2 atom stereocenters. The van der Waals surface area contributed by atoms with Crippen LogP contribution in [-0.2, 0) is 6.54 Å². The van der Waals surface area contributed by atoms with Gasteiger partial charge in [-0.3, -0.25) is 0 Å². The Hall–Kier alpha value is -1.77. The lowest BCUT2D eigenvalue weighted by Crippen LogP contribution is -2.33. The molecule has 0 saturated carbocycles. The molecule has 8 nitrogen and oxygen atoms in total. The number of nitrogens with zero attached hydrogens (tertiary/aromatic N) is 5. The van der Waals surface area contributed by atoms with Crippen LogP contribution < -0.4 is 4.90 Å². The zero-order chi connectivity index (χ0) is 14.8. The van der Waals surface area contributed by atoms with Crippen molar-refractivity contribution in [2.45, 2.75) is 31.5 Å². The van der Waals surface area contributed by atoms with Crippen molar-refractivity contribution in [3.63, 3.8) is 0 Å². The second-order valence-corrected chi connectivity index (χ2v) is 5.27. The van der Waals surface area contributed by atoms with E-state index in [0.29, 0.717) is 17.0 Å². The summed E-state index contributed by atoms with van der Waals surface area (Å²) in [6, 6.07) is 0.0660. The predicted molar refractivity (Wildman–Crippen MR) is 75.9 cm³/mol. The summed E-state index contributed by atoms with van der Waals surface area (Å²) in [5.41, 5.74) is 1.28. The predicted octanol–water partition coefficient (Wildman–Crippen LogP) is -0.859. The summed E-state index contributed by atoms with van der Waals surface area (Å²) in [5, 5.41) is 28.0. The molecule has 3 heterocycles. The van der Waals surface area contributed by atoms with E-state index in [1.165, 1.54) is 6.33 Å². The highest BCUT2D eigenvalue weighted by Gasteiger charge is 2.27. The molecule has 21 heavy (non-hydrogen) atoms. The van der Waals surface area contributed by atoms with Crippen LogP contribution in [0.25, 0.3) is 11.2 Å². The van der Waals surface area contributed by atoms with Gasteiger partial charge >= 0.3 is 0 Å². The summed E-state index contributed by atoms with van der Waals surface area (Å²) in [6.45, 7) is 0.849. The van der Waals surface area contributed by atoms with Crippen molar-refractivity contribution in [1.29, 1.82) is 0 Å². The van der Waals surface area contributed by atoms with Gasteiger partial charge in [-0.1, -0.05) is 0 Å². The molecule has 1 aliphatic heterocycles. The lowest BCUT2D eigenvalue weighted by molar-refractivity contribution is 0.0820. The van der Waals surface area contributed by atoms with Gasteiger partial charge in [0.05, 0.1) is 38.2 Å². The first kappa shape index (κ1) is 14.2. The molecule has 114 valence electrons. The zero-order valence-corrected chi connectivity index (χ0v) is 11.6. The highest BCUT2D eigenvalue weighted by atomic mass is 16.3. The maximum Gasteiger partial charge on any atom is 0.165 e. The minimum atomic E-state index is -0.849. The molecule has 2 aromatic rings. The van der Waals surface area contributed by atoms with Crippen LogP contribution >= 0.6 is 0 Å². The van der Waals surface area contributed by atoms with Gasteiger partial charge in [-0.15, -0.1) is 0 Å². The van der Waals surface area contributed by atoms with Crippen LogP contribution in [0.1, 0.15) is 12.8 Å². The molecule has 0 amide bonds. The summed E-state index contributed by atoms with van der Waals surface area (Å²) in [4.78, 5) is 14.9. The van der Waals surface area contributed by atoms with Crippen LogP contribution in [0.15, 0.2) is 12.7 Å². The monoisotopic (exact) mass is 293 g/mol. The van der Waals surface area contributed by atoms with Crippen molar-refractivity contribution >= 4 is 17.0 Å². The maximum absolute atomic E-state index is 9.56. The van der Waals surface area contributed by atoms with Crippen LogP contribution in [0, 0.1) is 0 Å². The number of fused-ring (bicyclic) bond motifs is 1. The third-order valence-electron chi connectivity index (χ3n) is 3.86. The molecule has 0 bridgehead atoms. The minimum Gasteiger partial charge on any atom is -0.394 e. The Balaban J connectivity index is 1.97. The average Bonchev–Trinajstić information content (AvgIpc) is 3.13. The summed E-state index contributed by atoms with van der Waals surface area (Å²) in [5.74, 6) is 0.716. The van der Waals surface area contributed by atoms with E-state index in [0.717, 1.165) is 19.4 Å². The second kappa shape index (κ2) is 5.92. The average molecular weight is 293 g/mol. The SMILES string of the molecule is OCC(O)Cn1cnc2c(N3CCCC3CO)ncnc21. The van der Waals surface area contributed by atoms with Crippen molar-refractivity contribution in [2.24, 2.45) is 0 Å². The standard InChI is InChI=1S/C13H19N5O3/c19-5-9-2-1-3-18(9)13-11-12(14-7-15-13)17(8-16-11)4-10(21)6-20/h7-10,19-21H,1-6H2. The summed E-state index contributed by atoms with van der Waals surface area (Å²) < 4.78 is 1.70. The van der Waals surface area contributed by atoms with Gasteiger partial charge < -0.3 is 24.8 Å². The molecule has 3 N–H and O–H groups in total. The van der Waals surface area contributed by atoms with E-state index in [9.17, 15) is 10.2 Å². The Labute approximate surface area is 121 Å². The quantitative estimate of drug-likeness (QED) is 0.658. The fourth-order valence-electron chi connectivity index (χ4n) is 2.80. The largest absolute Gasteiger partial charge is 0.394 e. The Bertz CT molecular complexity index is 617. The fourth-order valence-corrected chi connectivity index (χ4v) is 2.80. The number of anilines is 1. The van der Waals surface area contributed by atoms with E-state index < -0.39 is 6.10 Å². The van der Waals surface area contributed by atoms with Crippen molar-refractivity contribution in [1.82, 2.24) is 19.5 Å². The summed E-state index contributed by atoms with van der Waals surface area (Å²) in [7, 11) is 0. The van der Waals surface area contributed by atoms with Gasteiger partial charge in [0.25, 0.3) is 0 Å². The number of aromatic nitrogens is 4. The molecule has 0 spiro atoms. The van der Waals surface area contributed by atoms with Crippen LogP contribution in [0.4, 0.5) is 5.82 Å². The Morgan fingerprint density at radius 2 is 2.14 bits per heavy atom. The van der Waals surface area contributed by atoms with E-state index in [4.69, 9.17) is 5.11 Å². The highest BCUT2D eigenvalue weighted by Crippen LogP contribution is 2.28. The molecule has 1 fully saturated rings. The van der Waals surface area contributed by atoms with Gasteiger partial charge in [0.2, 0.25) is 0 Å². The Kier molecular flexibility index (Phi) is 4.00. The van der Waals surface area contributed by atoms with Gasteiger partial charge in [0, 0.05) is 6.54 Å². The van der Waals surface area contributed by atoms with E-state index in [1.54, 1.807) is 10.9 Å². The molecule has 1 saturated heterocycles. The van der Waals surface area contributed by atoms with E-state index >= 15 is 0 Å². The first-order chi connectivity index (χ1) is 10.2. The normalized spacial score (nSPS) is 20.3. The van der Waals surface area contributed by atoms with Crippen molar-refractivity contribution in [2.75, 3.05) is 24.7 Å². The van der Waals surface area contributed by atoms with Crippen LogP contribution in [-0.4, -0.2) is 66.7 Å². The van der Waals surface area contributed by atoms with Crippen LogP contribution in [0.2, 0.25) is 0 Å². The van der Waals surface area contributed by atoms with Gasteiger partial charge in [-0.25, -0.2) is 15.0 Å². The third-order valence-corrected chi connectivity index (χ3v) is 3.86. The van der Waals surface area contributed by atoms with Crippen LogP contribution in [0.3, 0.4) is 0 Å². The molecule has 2 aromatic heterocycles. The lowest BCUT2D eigenvalue weighted by atomic mass is 10.2. The summed E-state index contributed by atoms with van der Waals surface area (Å²) >= 11 is 0. The van der Waals surface area contributed by atoms with Crippen molar-refractivity contribution in [3.05, 3.63) is 12.7 Å². The molecule has 8 heteroatoms. The molecule has 1 aliphatic rings. The van der Waals surface area contributed by atoms with Gasteiger partial charge in [-0.2, -0.15) is 0 Å². The molecule has 0 radical (unpaired) electrons. The Morgan fingerprint density at radius 3 is 2.90 bits per heavy atom. The second-order valence-electron chi connectivity index (χ2n) is 5.27. The zero-order valence-electron chi connectivity index (χ0n) is 11.6. The number of imidazole rings is 1. The molecular weight excluding hydrogens is 274 g/mol. The number of hydrogen-bond acceptors (Lipinski definition) is 7. The Morgan fingerprint density at radius 1 is 1.29 bits per heavy atom. The van der Waals surface area contributed by atoms with Gasteiger partial charge in [0.15, 0.2) is 17.0 Å². The van der Waals surface area contributed by atoms with Crippen molar-refractivity contribution < 1.29 is 15.3 Å². The third kappa shape index (κ3) is 2.57. The first-order valence-corrected chi connectivity index (χ1v) is 7.07. The molecule has 0 aromatic carbocycles. The van der Waals surface area contributed by atoms with Gasteiger partial charge in [-0.05, 0) is 12.8 Å². The first-order valence-electron chi connectivity index (χ1n) is 7.07. The molecular formula is C13H19N5O3. The minimum absolute atomic E-state index is 0.0660. The molecule has 0 aliphatic carbocycles. The maximum atomic E-state index is 9.56. The lowest BCUT2D eigenvalue weighted by Gasteiger charge is -2.23. The topological polar surface area (TPSA) is 108 Å². The molecule has 2 unspecified atom stereocenters. The fraction of sp³-hybridized carbons (Fsp3) is 0.615. The van der Waals surface area contributed by atoms with E-state index in [2.05, 4.69) is 19.9 Å². The summed E-state index contributed by atoms with van der Waals surface area (Å²) in [6.07, 6.45) is 4.16. The van der Waals surface area contributed by atoms with Crippen molar-refractivity contribution in [3.8, 4) is 0 Å². The molecule has 3 rings (SSSR count). The van der Waals surface area contributed by atoms with Crippen LogP contribution in [0.5, 0.6) is 0 Å². The smallest absolute Gasteiger partial charge is 0.165 e. The van der Waals surface area contributed by atoms with E-state index in [-0.39, 0.29) is 25.8 Å². The number of hydrogen-bond donors (Lipinski definition) is 3. The van der Waals surface area contributed by atoms with Gasteiger partial charge in [0.1, 0.15) is 6.33 Å². The highest BCUT2D eigenvalue weighted by molar-refractivity contribution is 5.83. The van der Waals surface area contributed by atoms with E-state index in [1.807, 2.05) is 0 Å². The number of rotatable bonds is 5. The number of aliphatic hydroxyl groups is 3. The number of aliphatic hydroxyl groups excluding tert-OH is 3.